The second kappa shape index (κ2) is 7.83. The molecule has 0 unspecified atom stereocenters. The Bertz CT molecular complexity index is 829. The molecule has 0 radical (unpaired) electrons. The fourth-order valence-corrected chi connectivity index (χ4v) is 3.13. The fraction of sp³-hybridized carbons (Fsp3) is 0.389. The summed E-state index contributed by atoms with van der Waals surface area (Å²) in [4.78, 5) is 28.8. The number of hydrogen-bond donors (Lipinski definition) is 2. The Morgan fingerprint density at radius 1 is 1.33 bits per heavy atom. The lowest BCUT2D eigenvalue weighted by Crippen LogP contribution is -2.54. The molecule has 2 N–H and O–H groups in total. The summed E-state index contributed by atoms with van der Waals surface area (Å²) in [6.07, 6.45) is 2.30. The molecule has 144 valence electrons. The Balaban J connectivity index is 1.59. The average molecular weight is 379 g/mol. The third-order valence-corrected chi connectivity index (χ3v) is 4.62. The van der Waals surface area contributed by atoms with Crippen molar-refractivity contribution >= 4 is 11.9 Å². The molecule has 9 heteroatoms. The molecule has 0 aliphatic heterocycles. The van der Waals surface area contributed by atoms with E-state index in [1.165, 1.54) is 6.07 Å². The topological polar surface area (TPSA) is 95.7 Å². The van der Waals surface area contributed by atoms with Crippen molar-refractivity contribution in [2.75, 3.05) is 13.1 Å². The highest BCUT2D eigenvalue weighted by molar-refractivity contribution is 5.92. The minimum atomic E-state index is -0.889. The van der Waals surface area contributed by atoms with Gasteiger partial charge in [0.25, 0.3) is 5.91 Å². The van der Waals surface area contributed by atoms with Crippen molar-refractivity contribution in [3.63, 3.8) is 0 Å². The number of halogens is 2. The van der Waals surface area contributed by atoms with Gasteiger partial charge in [0.15, 0.2) is 5.69 Å². The standard InChI is InChI=1S/C18H19F2N3O4/c1-2-23(8-15(24)25)11-6-10(7-11)21-17(26)14-9-27-18(22-14)16-12(19)4-3-5-13(16)20/h3-5,9-11H,2,6-8H2,1H3,(H,21,26)(H,24,25). The highest BCUT2D eigenvalue weighted by atomic mass is 19.1. The van der Waals surface area contributed by atoms with Crippen LogP contribution < -0.4 is 5.32 Å². The second-order valence-electron chi connectivity index (χ2n) is 6.39. The van der Waals surface area contributed by atoms with E-state index >= 15 is 0 Å². The Labute approximate surface area is 154 Å². The maximum absolute atomic E-state index is 13.8. The first kappa shape index (κ1) is 19.0. The number of amides is 1. The lowest BCUT2D eigenvalue weighted by Gasteiger charge is -2.42. The summed E-state index contributed by atoms with van der Waals surface area (Å²) in [5.74, 6) is -3.36. The third-order valence-electron chi connectivity index (χ3n) is 4.62. The molecule has 27 heavy (non-hydrogen) atoms. The minimum Gasteiger partial charge on any atom is -0.480 e. The van der Waals surface area contributed by atoms with Crippen molar-refractivity contribution < 1.29 is 27.9 Å². The number of aliphatic carboxylic acids is 1. The molecule has 0 bridgehead atoms. The number of carboxylic acids is 1. The average Bonchev–Trinajstić information content (AvgIpc) is 3.05. The van der Waals surface area contributed by atoms with Gasteiger partial charge in [0, 0.05) is 12.1 Å². The van der Waals surface area contributed by atoms with Crippen molar-refractivity contribution in [3.8, 4) is 11.5 Å². The highest BCUT2D eigenvalue weighted by Gasteiger charge is 2.35. The van der Waals surface area contributed by atoms with Gasteiger partial charge in [0.05, 0.1) is 6.54 Å². The molecule has 1 saturated carbocycles. The SMILES string of the molecule is CCN(CC(=O)O)C1CC(NC(=O)c2coc(-c3c(F)cccc3F)n2)C1. The number of nitrogens with one attached hydrogen (secondary N) is 1. The largest absolute Gasteiger partial charge is 0.480 e. The minimum absolute atomic E-state index is 0.0390. The number of carbonyl (C=O) groups is 2. The Kier molecular flexibility index (Phi) is 5.50. The molecule has 1 aromatic carbocycles. The molecular weight excluding hydrogens is 360 g/mol. The van der Waals surface area contributed by atoms with Crippen LogP contribution in [0.15, 0.2) is 28.9 Å². The van der Waals surface area contributed by atoms with E-state index in [1.807, 2.05) is 11.8 Å². The first-order valence-corrected chi connectivity index (χ1v) is 8.55. The van der Waals surface area contributed by atoms with Gasteiger partial charge in [-0.25, -0.2) is 13.8 Å². The van der Waals surface area contributed by atoms with Crippen LogP contribution in [0.1, 0.15) is 30.3 Å². The number of rotatable bonds is 7. The fourth-order valence-electron chi connectivity index (χ4n) is 3.13. The lowest BCUT2D eigenvalue weighted by molar-refractivity contribution is -0.139. The summed E-state index contributed by atoms with van der Waals surface area (Å²) in [5.41, 5.74) is -0.499. The summed E-state index contributed by atoms with van der Waals surface area (Å²) >= 11 is 0. The van der Waals surface area contributed by atoms with Gasteiger partial charge in [-0.2, -0.15) is 0 Å². The van der Waals surface area contributed by atoms with E-state index in [-0.39, 0.29) is 30.2 Å². The van der Waals surface area contributed by atoms with Gasteiger partial charge in [-0.1, -0.05) is 13.0 Å². The number of likely N-dealkylation sites (N-methyl/N-ethyl adjacent to an activating group) is 1. The zero-order chi connectivity index (χ0) is 19.6. The van der Waals surface area contributed by atoms with E-state index in [2.05, 4.69) is 10.3 Å². The lowest BCUT2D eigenvalue weighted by atomic mass is 9.85. The maximum atomic E-state index is 13.8. The number of aromatic nitrogens is 1. The summed E-state index contributed by atoms with van der Waals surface area (Å²) in [6, 6.07) is 3.36. The van der Waals surface area contributed by atoms with Crippen LogP contribution in [0.2, 0.25) is 0 Å². The van der Waals surface area contributed by atoms with Crippen LogP contribution in [0.5, 0.6) is 0 Å². The van der Waals surface area contributed by atoms with E-state index < -0.39 is 29.1 Å². The van der Waals surface area contributed by atoms with Crippen molar-refractivity contribution in [2.24, 2.45) is 0 Å². The van der Waals surface area contributed by atoms with Gasteiger partial charge in [0.1, 0.15) is 23.5 Å². The number of carbonyl (C=O) groups excluding carboxylic acids is 1. The smallest absolute Gasteiger partial charge is 0.317 e. The molecule has 2 aromatic rings. The van der Waals surface area contributed by atoms with Crippen LogP contribution in [-0.2, 0) is 4.79 Å². The molecule has 0 atom stereocenters. The highest BCUT2D eigenvalue weighted by Crippen LogP contribution is 2.27. The van der Waals surface area contributed by atoms with Crippen LogP contribution in [-0.4, -0.2) is 52.0 Å². The van der Waals surface area contributed by atoms with Crippen molar-refractivity contribution in [2.45, 2.75) is 31.8 Å². The van der Waals surface area contributed by atoms with Crippen molar-refractivity contribution in [1.82, 2.24) is 15.2 Å². The van der Waals surface area contributed by atoms with E-state index in [1.54, 1.807) is 0 Å². The van der Waals surface area contributed by atoms with Gasteiger partial charge in [-0.3, -0.25) is 14.5 Å². The van der Waals surface area contributed by atoms with Crippen LogP contribution in [0.4, 0.5) is 8.78 Å². The zero-order valence-electron chi connectivity index (χ0n) is 14.6. The van der Waals surface area contributed by atoms with Crippen molar-refractivity contribution in [1.29, 1.82) is 0 Å². The molecule has 1 fully saturated rings. The van der Waals surface area contributed by atoms with Crippen LogP contribution in [0, 0.1) is 11.6 Å². The molecule has 3 rings (SSSR count). The first-order valence-electron chi connectivity index (χ1n) is 8.55. The second-order valence-corrected chi connectivity index (χ2v) is 6.39. The molecule has 1 aliphatic rings. The van der Waals surface area contributed by atoms with Gasteiger partial charge < -0.3 is 14.8 Å². The molecular formula is C18H19F2N3O4. The van der Waals surface area contributed by atoms with E-state index in [0.717, 1.165) is 18.4 Å². The first-order chi connectivity index (χ1) is 12.9. The Morgan fingerprint density at radius 3 is 2.59 bits per heavy atom. The van der Waals surface area contributed by atoms with E-state index in [0.29, 0.717) is 19.4 Å². The molecule has 1 heterocycles. The number of benzene rings is 1. The van der Waals surface area contributed by atoms with Gasteiger partial charge in [0.2, 0.25) is 5.89 Å². The normalized spacial score (nSPS) is 19.0. The number of carboxylic acid groups (broad SMARTS) is 1. The molecule has 1 aliphatic carbocycles. The van der Waals surface area contributed by atoms with Gasteiger partial charge >= 0.3 is 5.97 Å². The quantitative estimate of drug-likeness (QED) is 0.766. The number of nitrogens with zero attached hydrogens (tertiary/aromatic N) is 2. The monoisotopic (exact) mass is 379 g/mol. The van der Waals surface area contributed by atoms with E-state index in [9.17, 15) is 18.4 Å². The molecule has 7 nitrogen and oxygen atoms in total. The van der Waals surface area contributed by atoms with E-state index in [4.69, 9.17) is 9.52 Å². The zero-order valence-corrected chi connectivity index (χ0v) is 14.6. The van der Waals surface area contributed by atoms with Crippen LogP contribution in [0.25, 0.3) is 11.5 Å². The summed E-state index contributed by atoms with van der Waals surface area (Å²) in [7, 11) is 0. The summed E-state index contributed by atoms with van der Waals surface area (Å²) in [6.45, 7) is 2.45. The van der Waals surface area contributed by atoms with Gasteiger partial charge in [-0.05, 0) is 31.5 Å². The summed E-state index contributed by atoms with van der Waals surface area (Å²) < 4.78 is 32.6. The van der Waals surface area contributed by atoms with Crippen molar-refractivity contribution in [3.05, 3.63) is 41.8 Å². The predicted octanol–water partition coefficient (Wildman–Crippen LogP) is 2.29. The predicted molar refractivity (Wildman–Crippen MR) is 91.0 cm³/mol. The Hall–Kier alpha value is -2.81. The van der Waals surface area contributed by atoms with Crippen LogP contribution >= 0.6 is 0 Å². The third kappa shape index (κ3) is 4.13. The number of hydrogen-bond acceptors (Lipinski definition) is 5. The number of oxazole rings is 1. The molecule has 0 spiro atoms. The summed E-state index contributed by atoms with van der Waals surface area (Å²) in [5, 5.41) is 11.7. The molecule has 0 saturated heterocycles. The Morgan fingerprint density at radius 2 is 2.00 bits per heavy atom. The van der Waals surface area contributed by atoms with Crippen LogP contribution in [0.3, 0.4) is 0 Å². The molecule has 1 aromatic heterocycles. The van der Waals surface area contributed by atoms with Gasteiger partial charge in [-0.15, -0.1) is 0 Å². The maximum Gasteiger partial charge on any atom is 0.317 e. The molecule has 1 amide bonds.